The zero-order valence-electron chi connectivity index (χ0n) is 11.9. The van der Waals surface area contributed by atoms with E-state index in [1.807, 2.05) is 19.1 Å². The van der Waals surface area contributed by atoms with Gasteiger partial charge in [0.2, 0.25) is 0 Å². The van der Waals surface area contributed by atoms with E-state index in [1.165, 1.54) is 5.56 Å². The van der Waals surface area contributed by atoms with Crippen molar-refractivity contribution in [3.8, 4) is 0 Å². The first-order chi connectivity index (χ1) is 9.08. The third kappa shape index (κ3) is 4.91. The lowest BCUT2D eigenvalue weighted by Crippen LogP contribution is -2.32. The second-order valence-corrected chi connectivity index (χ2v) is 4.49. The number of aryl methyl sites for hydroxylation is 1. The molecule has 0 radical (unpaired) electrons. The van der Waals surface area contributed by atoms with Crippen molar-refractivity contribution >= 4 is 11.7 Å². The van der Waals surface area contributed by atoms with Gasteiger partial charge in [-0.1, -0.05) is 12.1 Å². The molecule has 0 bridgehead atoms. The van der Waals surface area contributed by atoms with Crippen LogP contribution in [0, 0.1) is 6.92 Å². The summed E-state index contributed by atoms with van der Waals surface area (Å²) in [4.78, 5) is 13.2. The predicted molar refractivity (Wildman–Crippen MR) is 76.7 cm³/mol. The van der Waals surface area contributed by atoms with Gasteiger partial charge in [0.05, 0.1) is 0 Å². The van der Waals surface area contributed by atoms with Crippen molar-refractivity contribution in [1.29, 1.82) is 0 Å². The van der Waals surface area contributed by atoms with Crippen LogP contribution >= 0.6 is 0 Å². The zero-order valence-corrected chi connectivity index (χ0v) is 11.9. The monoisotopic (exact) mass is 265 g/mol. The van der Waals surface area contributed by atoms with Gasteiger partial charge in [-0.3, -0.25) is 0 Å². The summed E-state index contributed by atoms with van der Waals surface area (Å²) in [5, 5.41) is 9.06. The maximum Gasteiger partial charge on any atom is 0.332 e. The van der Waals surface area contributed by atoms with Crippen LogP contribution in [0.2, 0.25) is 0 Å². The van der Waals surface area contributed by atoms with Crippen LogP contribution in [0.1, 0.15) is 25.8 Å². The summed E-state index contributed by atoms with van der Waals surface area (Å²) in [5.41, 5.74) is 2.33. The number of carboxylic acid groups (broad SMARTS) is 1. The molecule has 0 saturated carbocycles. The highest BCUT2D eigenvalue weighted by Crippen LogP contribution is 2.16. The first-order valence-electron chi connectivity index (χ1n) is 6.74. The van der Waals surface area contributed by atoms with Crippen molar-refractivity contribution in [3.05, 3.63) is 29.8 Å². The van der Waals surface area contributed by atoms with E-state index in [1.54, 1.807) is 0 Å². The molecular weight excluding hydrogens is 242 g/mol. The van der Waals surface area contributed by atoms with Gasteiger partial charge in [-0.2, -0.15) is 0 Å². The van der Waals surface area contributed by atoms with Crippen LogP contribution in [0.4, 0.5) is 5.69 Å². The van der Waals surface area contributed by atoms with Gasteiger partial charge in [-0.05, 0) is 38.5 Å². The Morgan fingerprint density at radius 3 is 2.68 bits per heavy atom. The summed E-state index contributed by atoms with van der Waals surface area (Å²) in [5.74, 6) is -0.887. The number of nitrogens with zero attached hydrogens (tertiary/aromatic N) is 1. The van der Waals surface area contributed by atoms with Gasteiger partial charge in [-0.25, -0.2) is 4.79 Å². The molecule has 0 amide bonds. The maximum absolute atomic E-state index is 11.0. The summed E-state index contributed by atoms with van der Waals surface area (Å²) in [6.07, 6.45) is -0.228. The number of hydrogen-bond acceptors (Lipinski definition) is 3. The predicted octanol–water partition coefficient (Wildman–Crippen LogP) is 2.70. The highest BCUT2D eigenvalue weighted by molar-refractivity contribution is 5.72. The second kappa shape index (κ2) is 7.79. The van der Waals surface area contributed by atoms with Crippen LogP contribution < -0.4 is 4.90 Å². The van der Waals surface area contributed by atoms with Crippen molar-refractivity contribution < 1.29 is 14.6 Å². The minimum absolute atomic E-state index is 0.424. The maximum atomic E-state index is 11.0. The van der Waals surface area contributed by atoms with Gasteiger partial charge < -0.3 is 14.7 Å². The fourth-order valence-electron chi connectivity index (χ4n) is 2.05. The molecule has 0 fully saturated rings. The van der Waals surface area contributed by atoms with Gasteiger partial charge in [0, 0.05) is 31.8 Å². The largest absolute Gasteiger partial charge is 0.479 e. The van der Waals surface area contributed by atoms with E-state index in [4.69, 9.17) is 9.84 Å². The van der Waals surface area contributed by atoms with Crippen LogP contribution in [0.3, 0.4) is 0 Å². The summed E-state index contributed by atoms with van der Waals surface area (Å²) in [6.45, 7) is 7.89. The molecule has 1 rings (SSSR count). The molecule has 1 aromatic rings. The highest BCUT2D eigenvalue weighted by Gasteiger charge is 2.18. The molecule has 1 aromatic carbocycles. The van der Waals surface area contributed by atoms with Crippen molar-refractivity contribution in [3.63, 3.8) is 0 Å². The Morgan fingerprint density at radius 2 is 2.16 bits per heavy atom. The summed E-state index contributed by atoms with van der Waals surface area (Å²) < 4.78 is 5.23. The molecule has 0 aliphatic heterocycles. The van der Waals surface area contributed by atoms with Crippen LogP contribution in [-0.2, 0) is 9.53 Å². The number of rotatable bonds is 8. The quantitative estimate of drug-likeness (QED) is 0.785. The summed E-state index contributed by atoms with van der Waals surface area (Å²) >= 11 is 0. The number of anilines is 1. The van der Waals surface area contributed by atoms with Crippen molar-refractivity contribution in [1.82, 2.24) is 0 Å². The highest BCUT2D eigenvalue weighted by atomic mass is 16.5. The minimum Gasteiger partial charge on any atom is -0.479 e. The standard InChI is InChI=1S/C15H23NO3/c1-4-16(13-8-6-7-12(3)11-13)10-9-14(15(17)18)19-5-2/h6-8,11,14H,4-5,9-10H2,1-3H3,(H,17,18). The third-order valence-electron chi connectivity index (χ3n) is 3.05. The first kappa shape index (κ1) is 15.5. The van der Waals surface area contributed by atoms with Gasteiger partial charge in [-0.15, -0.1) is 0 Å². The Hall–Kier alpha value is -1.55. The number of hydrogen-bond donors (Lipinski definition) is 1. The average Bonchev–Trinajstić information content (AvgIpc) is 2.38. The number of benzene rings is 1. The molecule has 1 unspecified atom stereocenters. The average molecular weight is 265 g/mol. The van der Waals surface area contributed by atoms with Crippen molar-refractivity contribution in [2.45, 2.75) is 33.3 Å². The van der Waals surface area contributed by atoms with Crippen LogP contribution in [0.25, 0.3) is 0 Å². The van der Waals surface area contributed by atoms with Gasteiger partial charge >= 0.3 is 5.97 Å². The lowest BCUT2D eigenvalue weighted by molar-refractivity contribution is -0.150. The van der Waals surface area contributed by atoms with Crippen LogP contribution in [0.5, 0.6) is 0 Å². The Morgan fingerprint density at radius 1 is 1.42 bits per heavy atom. The Balaban J connectivity index is 2.64. The molecule has 0 heterocycles. The first-order valence-corrected chi connectivity index (χ1v) is 6.74. The lowest BCUT2D eigenvalue weighted by atomic mass is 10.2. The number of aliphatic carboxylic acids is 1. The molecule has 1 N–H and O–H groups in total. The van der Waals surface area contributed by atoms with E-state index >= 15 is 0 Å². The van der Waals surface area contributed by atoms with E-state index in [9.17, 15) is 4.79 Å². The molecule has 0 aliphatic carbocycles. The SMILES string of the molecule is CCOC(CCN(CC)c1cccc(C)c1)C(=O)O. The van der Waals surface area contributed by atoms with Gasteiger partial charge in [0.15, 0.2) is 6.10 Å². The number of ether oxygens (including phenoxy) is 1. The third-order valence-corrected chi connectivity index (χ3v) is 3.05. The van der Waals surface area contributed by atoms with Gasteiger partial charge in [0.25, 0.3) is 0 Å². The van der Waals surface area contributed by atoms with E-state index in [0.29, 0.717) is 19.6 Å². The van der Waals surface area contributed by atoms with Crippen LogP contribution in [-0.4, -0.2) is 36.9 Å². The molecule has 0 spiro atoms. The summed E-state index contributed by atoms with van der Waals surface area (Å²) in [6, 6.07) is 8.23. The van der Waals surface area contributed by atoms with Gasteiger partial charge in [0.1, 0.15) is 0 Å². The van der Waals surface area contributed by atoms with E-state index in [0.717, 1.165) is 12.2 Å². The molecule has 0 aromatic heterocycles. The molecule has 1 atom stereocenters. The minimum atomic E-state index is -0.887. The molecular formula is C15H23NO3. The van der Waals surface area contributed by atoms with E-state index in [-0.39, 0.29) is 0 Å². The normalized spacial score (nSPS) is 12.2. The number of carboxylic acids is 1. The fourth-order valence-corrected chi connectivity index (χ4v) is 2.05. The zero-order chi connectivity index (χ0) is 14.3. The van der Waals surface area contributed by atoms with Crippen molar-refractivity contribution in [2.75, 3.05) is 24.6 Å². The molecule has 0 saturated heterocycles. The Kier molecular flexibility index (Phi) is 6.36. The topological polar surface area (TPSA) is 49.8 Å². The molecule has 4 nitrogen and oxygen atoms in total. The molecule has 0 aliphatic rings. The fraction of sp³-hybridized carbons (Fsp3) is 0.533. The molecule has 19 heavy (non-hydrogen) atoms. The number of carbonyl (C=O) groups is 1. The lowest BCUT2D eigenvalue weighted by Gasteiger charge is -2.25. The molecule has 4 heteroatoms. The summed E-state index contributed by atoms with van der Waals surface area (Å²) in [7, 11) is 0. The van der Waals surface area contributed by atoms with Crippen molar-refractivity contribution in [2.24, 2.45) is 0 Å². The Labute approximate surface area is 115 Å². The van der Waals surface area contributed by atoms with Crippen LogP contribution in [0.15, 0.2) is 24.3 Å². The smallest absolute Gasteiger partial charge is 0.332 e. The second-order valence-electron chi connectivity index (χ2n) is 4.49. The molecule has 106 valence electrons. The van der Waals surface area contributed by atoms with E-state index < -0.39 is 12.1 Å². The Bertz CT molecular complexity index is 406. The van der Waals surface area contributed by atoms with E-state index in [2.05, 4.69) is 30.9 Å².